The van der Waals surface area contributed by atoms with Gasteiger partial charge < -0.3 is 33.8 Å². The lowest BCUT2D eigenvalue weighted by molar-refractivity contribution is -0.161. The third-order valence-corrected chi connectivity index (χ3v) is 19.4. The number of phosphoric ester groups is 2. The molecule has 0 heterocycles. The molecule has 19 heteroatoms. The number of carbonyl (C=O) groups excluding carboxylic acids is 4. The summed E-state index contributed by atoms with van der Waals surface area (Å²) in [5, 5.41) is 10.6. The molecule has 552 valence electrons. The minimum absolute atomic E-state index is 0.103. The third kappa shape index (κ3) is 67.0. The predicted octanol–water partition coefficient (Wildman–Crippen LogP) is 21.4. The van der Waals surface area contributed by atoms with Crippen molar-refractivity contribution in [3.8, 4) is 0 Å². The molecule has 0 radical (unpaired) electrons. The van der Waals surface area contributed by atoms with E-state index >= 15 is 0 Å². The summed E-state index contributed by atoms with van der Waals surface area (Å²) in [5.41, 5.74) is 0. The first-order chi connectivity index (χ1) is 44.8. The van der Waals surface area contributed by atoms with Gasteiger partial charge in [-0.25, -0.2) is 9.13 Å². The lowest BCUT2D eigenvalue weighted by Gasteiger charge is -2.21. The monoisotopic (exact) mass is 1370 g/mol. The summed E-state index contributed by atoms with van der Waals surface area (Å²) in [6.07, 6.45) is 50.0. The van der Waals surface area contributed by atoms with Crippen molar-refractivity contribution in [1.82, 2.24) is 0 Å². The van der Waals surface area contributed by atoms with E-state index in [0.29, 0.717) is 25.7 Å². The number of unbranched alkanes of at least 4 members (excludes halogenated alkanes) is 39. The minimum atomic E-state index is -4.96. The van der Waals surface area contributed by atoms with Crippen LogP contribution in [0.15, 0.2) is 0 Å². The van der Waals surface area contributed by atoms with Gasteiger partial charge in [0.05, 0.1) is 26.4 Å². The zero-order valence-corrected chi connectivity index (χ0v) is 62.5. The topological polar surface area (TPSA) is 237 Å². The fourth-order valence-electron chi connectivity index (χ4n) is 11.2. The first-order valence-corrected chi connectivity index (χ1v) is 41.4. The van der Waals surface area contributed by atoms with E-state index in [4.69, 9.17) is 37.0 Å². The van der Waals surface area contributed by atoms with Gasteiger partial charge in [0.1, 0.15) is 19.3 Å². The average molecular weight is 1370 g/mol. The van der Waals surface area contributed by atoms with Crippen LogP contribution in [0.5, 0.6) is 0 Å². The Balaban J connectivity index is 5.25. The maximum Gasteiger partial charge on any atom is 0.472 e. The standard InChI is InChI=1S/C74H144O17P2/c1-8-10-11-12-13-14-15-16-17-21-24-27-33-41-48-55-71(76)84-61-69(90-73(78)57-50-43-34-28-25-22-19-18-20-23-26-31-38-45-52-65(3)4)63-88-92(80,81)86-59-68(75)60-87-93(82,83)89-64-70(62-85-72(77)56-49-42-37-36-40-47-54-67(7)9-2)91-74(79)58-51-44-35-30-29-32-39-46-53-66(5)6/h65-70,75H,8-64H2,1-7H3,(H,80,81)(H,82,83)/t67?,68-,69-,70-/m1/s1. The summed E-state index contributed by atoms with van der Waals surface area (Å²) in [7, 11) is -9.91. The quantitative estimate of drug-likeness (QED) is 0.0222. The Hall–Kier alpha value is -1.94. The molecule has 93 heavy (non-hydrogen) atoms. The third-order valence-electron chi connectivity index (χ3n) is 17.5. The zero-order valence-electron chi connectivity index (χ0n) is 60.7. The first kappa shape index (κ1) is 91.1. The molecule has 3 N–H and O–H groups in total. The molecule has 0 aromatic heterocycles. The van der Waals surface area contributed by atoms with Crippen molar-refractivity contribution in [2.75, 3.05) is 39.6 Å². The highest BCUT2D eigenvalue weighted by atomic mass is 31.2. The van der Waals surface area contributed by atoms with Gasteiger partial charge in [0.15, 0.2) is 12.2 Å². The maximum atomic E-state index is 13.1. The lowest BCUT2D eigenvalue weighted by Crippen LogP contribution is -2.30. The number of ether oxygens (including phenoxy) is 4. The summed E-state index contributed by atoms with van der Waals surface area (Å²) in [5.74, 6) is 0.122. The highest BCUT2D eigenvalue weighted by Crippen LogP contribution is 2.45. The smallest absolute Gasteiger partial charge is 0.462 e. The summed E-state index contributed by atoms with van der Waals surface area (Å²) < 4.78 is 68.4. The van der Waals surface area contributed by atoms with E-state index in [1.807, 2.05) is 0 Å². The molecule has 0 rings (SSSR count). The van der Waals surface area contributed by atoms with Crippen molar-refractivity contribution in [2.45, 2.75) is 394 Å². The molecule has 3 unspecified atom stereocenters. The minimum Gasteiger partial charge on any atom is -0.462 e. The summed E-state index contributed by atoms with van der Waals surface area (Å²) in [6.45, 7) is 11.8. The van der Waals surface area contributed by atoms with Crippen LogP contribution >= 0.6 is 15.6 Å². The van der Waals surface area contributed by atoms with Crippen molar-refractivity contribution in [2.24, 2.45) is 17.8 Å². The number of carbonyl (C=O) groups is 4. The molecular weight excluding hydrogens is 1220 g/mol. The zero-order chi connectivity index (χ0) is 68.7. The molecule has 0 saturated carbocycles. The van der Waals surface area contributed by atoms with Crippen LogP contribution in [0.3, 0.4) is 0 Å². The van der Waals surface area contributed by atoms with Gasteiger partial charge in [0.2, 0.25) is 0 Å². The van der Waals surface area contributed by atoms with Crippen LogP contribution < -0.4 is 0 Å². The van der Waals surface area contributed by atoms with Crippen LogP contribution in [0.4, 0.5) is 0 Å². The maximum absolute atomic E-state index is 13.1. The molecule has 0 saturated heterocycles. The van der Waals surface area contributed by atoms with E-state index < -0.39 is 97.5 Å². The van der Waals surface area contributed by atoms with Crippen LogP contribution in [0.2, 0.25) is 0 Å². The Morgan fingerprint density at radius 1 is 0.312 bits per heavy atom. The Kier molecular flexibility index (Phi) is 63.4. The second-order valence-electron chi connectivity index (χ2n) is 27.9. The normalized spacial score (nSPS) is 14.4. The van der Waals surface area contributed by atoms with Gasteiger partial charge in [-0.2, -0.15) is 0 Å². The highest BCUT2D eigenvalue weighted by Gasteiger charge is 2.30. The number of aliphatic hydroxyl groups excluding tert-OH is 1. The molecule has 0 spiro atoms. The van der Waals surface area contributed by atoms with Crippen molar-refractivity contribution in [3.05, 3.63) is 0 Å². The number of hydrogen-bond acceptors (Lipinski definition) is 15. The van der Waals surface area contributed by atoms with Crippen LogP contribution in [-0.2, 0) is 65.4 Å². The number of aliphatic hydroxyl groups is 1. The fourth-order valence-corrected chi connectivity index (χ4v) is 12.8. The van der Waals surface area contributed by atoms with E-state index in [9.17, 15) is 43.2 Å². The van der Waals surface area contributed by atoms with E-state index in [1.54, 1.807) is 0 Å². The number of esters is 4. The van der Waals surface area contributed by atoms with Gasteiger partial charge in [-0.3, -0.25) is 37.3 Å². The molecule has 0 aromatic rings. The van der Waals surface area contributed by atoms with Gasteiger partial charge in [-0.1, -0.05) is 325 Å². The van der Waals surface area contributed by atoms with E-state index in [2.05, 4.69) is 48.5 Å². The molecular formula is C74H144O17P2. The van der Waals surface area contributed by atoms with Gasteiger partial charge in [0, 0.05) is 25.7 Å². The first-order valence-electron chi connectivity index (χ1n) is 38.4. The highest BCUT2D eigenvalue weighted by molar-refractivity contribution is 7.47. The number of hydrogen-bond donors (Lipinski definition) is 3. The Labute approximate surface area is 568 Å². The van der Waals surface area contributed by atoms with Crippen LogP contribution in [0.1, 0.15) is 376 Å². The number of rotatable bonds is 72. The second-order valence-corrected chi connectivity index (χ2v) is 30.8. The molecule has 0 aromatic carbocycles. The molecule has 6 atom stereocenters. The fraction of sp³-hybridized carbons (Fsp3) is 0.946. The van der Waals surface area contributed by atoms with Crippen molar-refractivity contribution in [1.29, 1.82) is 0 Å². The van der Waals surface area contributed by atoms with E-state index in [0.717, 1.165) is 114 Å². The predicted molar refractivity (Wildman–Crippen MR) is 377 cm³/mol. The van der Waals surface area contributed by atoms with E-state index in [-0.39, 0.29) is 25.7 Å². The van der Waals surface area contributed by atoms with Crippen LogP contribution in [-0.4, -0.2) is 96.7 Å². The molecule has 0 aliphatic rings. The Bertz CT molecular complexity index is 1820. The summed E-state index contributed by atoms with van der Waals surface area (Å²) >= 11 is 0. The van der Waals surface area contributed by atoms with Crippen molar-refractivity contribution >= 4 is 39.5 Å². The van der Waals surface area contributed by atoms with Gasteiger partial charge in [-0.05, 0) is 43.4 Å². The van der Waals surface area contributed by atoms with Crippen molar-refractivity contribution < 1.29 is 80.2 Å². The molecule has 0 amide bonds. The van der Waals surface area contributed by atoms with Gasteiger partial charge >= 0.3 is 39.5 Å². The summed E-state index contributed by atoms with van der Waals surface area (Å²) in [4.78, 5) is 72.7. The molecule has 0 aliphatic heterocycles. The Morgan fingerprint density at radius 2 is 0.548 bits per heavy atom. The second kappa shape index (κ2) is 64.7. The molecule has 17 nitrogen and oxygen atoms in total. The molecule has 0 aliphatic carbocycles. The largest absolute Gasteiger partial charge is 0.472 e. The van der Waals surface area contributed by atoms with Crippen LogP contribution in [0.25, 0.3) is 0 Å². The van der Waals surface area contributed by atoms with Crippen LogP contribution in [0, 0.1) is 17.8 Å². The van der Waals surface area contributed by atoms with Gasteiger partial charge in [0.25, 0.3) is 0 Å². The molecule has 0 bridgehead atoms. The molecule has 0 fully saturated rings. The Morgan fingerprint density at radius 3 is 0.817 bits per heavy atom. The number of phosphoric acid groups is 2. The SMILES string of the molecule is CCCCCCCCCCCCCCCCCC(=O)OC[C@H](COP(=O)(O)OC[C@@H](O)COP(=O)(O)OC[C@@H](COC(=O)CCCCCCCCC(C)CC)OC(=O)CCCCCCCCCCC(C)C)OC(=O)CCCCCCCCCCCCCCCCC(C)C. The van der Waals surface area contributed by atoms with E-state index in [1.165, 1.54) is 180 Å². The van der Waals surface area contributed by atoms with Crippen molar-refractivity contribution in [3.63, 3.8) is 0 Å². The summed E-state index contributed by atoms with van der Waals surface area (Å²) in [6, 6.07) is 0. The lowest BCUT2D eigenvalue weighted by atomic mass is 10.00. The van der Waals surface area contributed by atoms with Gasteiger partial charge in [-0.15, -0.1) is 0 Å². The average Bonchev–Trinajstić information content (AvgIpc) is 2.11.